The van der Waals surface area contributed by atoms with Crippen LogP contribution in [0.1, 0.15) is 18.4 Å². The van der Waals surface area contributed by atoms with Crippen LogP contribution >= 0.6 is 0 Å². The highest BCUT2D eigenvalue weighted by Crippen LogP contribution is 2.31. The lowest BCUT2D eigenvalue weighted by molar-refractivity contribution is 0.00277. The summed E-state index contributed by atoms with van der Waals surface area (Å²) in [6.45, 7) is 1.48. The first-order valence-electron chi connectivity index (χ1n) is 5.24. The Hall–Kier alpha value is -1.37. The van der Waals surface area contributed by atoms with Gasteiger partial charge in [0.2, 0.25) is 0 Å². The highest BCUT2D eigenvalue weighted by molar-refractivity contribution is 5.24. The maximum absolute atomic E-state index is 13.4. The van der Waals surface area contributed by atoms with Crippen molar-refractivity contribution in [3.63, 3.8) is 0 Å². The second kappa shape index (κ2) is 5.64. The van der Waals surface area contributed by atoms with Gasteiger partial charge in [-0.15, -0.1) is 12.8 Å². The zero-order valence-electron chi connectivity index (χ0n) is 9.12. The lowest BCUT2D eigenvalue weighted by Crippen LogP contribution is -2.40. The summed E-state index contributed by atoms with van der Waals surface area (Å²) in [4.78, 5) is 0. The van der Waals surface area contributed by atoms with Gasteiger partial charge in [0.1, 0.15) is 5.82 Å². The van der Waals surface area contributed by atoms with Crippen LogP contribution in [0.25, 0.3) is 0 Å². The summed E-state index contributed by atoms with van der Waals surface area (Å²) in [7, 11) is 0. The molecular weight excluding hydrogens is 205 g/mol. The summed E-state index contributed by atoms with van der Waals surface area (Å²) in [5, 5.41) is 13.4. The number of rotatable bonds is 1. The summed E-state index contributed by atoms with van der Waals surface area (Å²) >= 11 is 0. The van der Waals surface area contributed by atoms with Crippen LogP contribution in [-0.2, 0) is 5.60 Å². The Bertz CT molecular complexity index is 356. The molecule has 1 heterocycles. The number of piperidine rings is 1. The van der Waals surface area contributed by atoms with Crippen molar-refractivity contribution >= 4 is 0 Å². The van der Waals surface area contributed by atoms with E-state index in [4.69, 9.17) is 0 Å². The van der Waals surface area contributed by atoms with Gasteiger partial charge in [0, 0.05) is 5.56 Å². The van der Waals surface area contributed by atoms with E-state index < -0.39 is 5.60 Å². The van der Waals surface area contributed by atoms with E-state index in [1.807, 2.05) is 0 Å². The molecule has 0 unspecified atom stereocenters. The second-order valence-electron chi connectivity index (χ2n) is 3.76. The highest BCUT2D eigenvalue weighted by Gasteiger charge is 2.33. The zero-order chi connectivity index (χ0) is 12.0. The van der Waals surface area contributed by atoms with Crippen molar-refractivity contribution in [1.82, 2.24) is 5.32 Å². The Morgan fingerprint density at radius 2 is 1.75 bits per heavy atom. The van der Waals surface area contributed by atoms with Crippen LogP contribution in [0.5, 0.6) is 0 Å². The van der Waals surface area contributed by atoms with E-state index in [2.05, 4.69) is 18.2 Å². The van der Waals surface area contributed by atoms with Gasteiger partial charge in [0.15, 0.2) is 0 Å². The molecule has 0 spiro atoms. The molecule has 2 N–H and O–H groups in total. The fourth-order valence-electron chi connectivity index (χ4n) is 1.95. The predicted molar refractivity (Wildman–Crippen MR) is 62.3 cm³/mol. The van der Waals surface area contributed by atoms with Crippen LogP contribution in [0.3, 0.4) is 0 Å². The molecule has 3 heteroatoms. The number of hydrogen-bond acceptors (Lipinski definition) is 2. The van der Waals surface area contributed by atoms with Crippen molar-refractivity contribution in [3.05, 3.63) is 35.6 Å². The molecular formula is C13H16FNO. The Kier molecular flexibility index (Phi) is 4.48. The molecule has 1 aromatic rings. The molecule has 1 aliphatic heterocycles. The Balaban J connectivity index is 0.000000606. The van der Waals surface area contributed by atoms with Gasteiger partial charge in [-0.05, 0) is 32.0 Å². The molecule has 1 fully saturated rings. The summed E-state index contributed by atoms with van der Waals surface area (Å²) in [6, 6.07) is 6.47. The molecule has 0 radical (unpaired) electrons. The highest BCUT2D eigenvalue weighted by atomic mass is 19.1. The largest absolute Gasteiger partial charge is 0.385 e. The number of terminal acetylenes is 1. The van der Waals surface area contributed by atoms with Crippen LogP contribution < -0.4 is 5.32 Å². The fraction of sp³-hybridized carbons (Fsp3) is 0.385. The van der Waals surface area contributed by atoms with Crippen LogP contribution in [0, 0.1) is 18.7 Å². The van der Waals surface area contributed by atoms with E-state index in [9.17, 15) is 9.50 Å². The summed E-state index contributed by atoms with van der Waals surface area (Å²) in [6.07, 6.45) is 9.15. The molecule has 0 bridgehead atoms. The van der Waals surface area contributed by atoms with Gasteiger partial charge in [-0.3, -0.25) is 0 Å². The summed E-state index contributed by atoms with van der Waals surface area (Å²) < 4.78 is 13.4. The maximum Gasteiger partial charge on any atom is 0.129 e. The quantitative estimate of drug-likeness (QED) is 0.707. The van der Waals surface area contributed by atoms with E-state index in [-0.39, 0.29) is 5.82 Å². The number of aliphatic hydroxyl groups is 1. The predicted octanol–water partition coefficient (Wildman–Crippen LogP) is 1.65. The van der Waals surface area contributed by atoms with Crippen LogP contribution in [0.4, 0.5) is 4.39 Å². The average molecular weight is 221 g/mol. The van der Waals surface area contributed by atoms with Crippen molar-refractivity contribution in [1.29, 1.82) is 0 Å². The van der Waals surface area contributed by atoms with E-state index >= 15 is 0 Å². The second-order valence-corrected chi connectivity index (χ2v) is 3.76. The molecule has 0 atom stereocenters. The first kappa shape index (κ1) is 12.7. The third-order valence-electron chi connectivity index (χ3n) is 2.81. The zero-order valence-corrected chi connectivity index (χ0v) is 9.12. The molecule has 1 aromatic carbocycles. The minimum absolute atomic E-state index is 0.308. The van der Waals surface area contributed by atoms with E-state index in [0.29, 0.717) is 18.4 Å². The molecule has 1 aliphatic rings. The van der Waals surface area contributed by atoms with Gasteiger partial charge < -0.3 is 10.4 Å². The number of hydrogen-bond donors (Lipinski definition) is 2. The van der Waals surface area contributed by atoms with Gasteiger partial charge >= 0.3 is 0 Å². The third-order valence-corrected chi connectivity index (χ3v) is 2.81. The van der Waals surface area contributed by atoms with E-state index in [1.165, 1.54) is 6.07 Å². The van der Waals surface area contributed by atoms with Crippen molar-refractivity contribution in [3.8, 4) is 12.8 Å². The SMILES string of the molecule is C#C.OC1(c2ccccc2F)CCNCC1. The molecule has 16 heavy (non-hydrogen) atoms. The Labute approximate surface area is 95.5 Å². The molecule has 0 amide bonds. The van der Waals surface area contributed by atoms with Crippen LogP contribution in [0.2, 0.25) is 0 Å². The van der Waals surface area contributed by atoms with Crippen molar-refractivity contribution < 1.29 is 9.50 Å². The molecule has 0 aliphatic carbocycles. The first-order chi connectivity index (χ1) is 7.72. The van der Waals surface area contributed by atoms with Gasteiger partial charge in [0.25, 0.3) is 0 Å². The number of nitrogens with one attached hydrogen (secondary N) is 1. The normalized spacial score (nSPS) is 18.2. The van der Waals surface area contributed by atoms with E-state index in [0.717, 1.165) is 13.1 Å². The third kappa shape index (κ3) is 2.60. The van der Waals surface area contributed by atoms with E-state index in [1.54, 1.807) is 18.2 Å². The lowest BCUT2D eigenvalue weighted by Gasteiger charge is -2.33. The average Bonchev–Trinajstić information content (AvgIpc) is 2.33. The van der Waals surface area contributed by atoms with Gasteiger partial charge in [-0.2, -0.15) is 0 Å². The monoisotopic (exact) mass is 221 g/mol. The van der Waals surface area contributed by atoms with Crippen molar-refractivity contribution in [2.45, 2.75) is 18.4 Å². The Morgan fingerprint density at radius 3 is 2.31 bits per heavy atom. The topological polar surface area (TPSA) is 32.3 Å². The van der Waals surface area contributed by atoms with Crippen molar-refractivity contribution in [2.24, 2.45) is 0 Å². The van der Waals surface area contributed by atoms with Crippen molar-refractivity contribution in [2.75, 3.05) is 13.1 Å². The smallest absolute Gasteiger partial charge is 0.129 e. The minimum atomic E-state index is -0.976. The van der Waals surface area contributed by atoms with Crippen LogP contribution in [-0.4, -0.2) is 18.2 Å². The Morgan fingerprint density at radius 1 is 1.19 bits per heavy atom. The van der Waals surface area contributed by atoms with Gasteiger partial charge in [-0.1, -0.05) is 18.2 Å². The molecule has 1 saturated heterocycles. The molecule has 2 nitrogen and oxygen atoms in total. The van der Waals surface area contributed by atoms with Crippen LogP contribution in [0.15, 0.2) is 24.3 Å². The lowest BCUT2D eigenvalue weighted by atomic mass is 9.85. The maximum atomic E-state index is 13.4. The minimum Gasteiger partial charge on any atom is -0.385 e. The first-order valence-corrected chi connectivity index (χ1v) is 5.24. The fourth-order valence-corrected chi connectivity index (χ4v) is 1.95. The summed E-state index contributed by atoms with van der Waals surface area (Å²) in [5.74, 6) is -0.308. The van der Waals surface area contributed by atoms with Gasteiger partial charge in [-0.25, -0.2) is 4.39 Å². The molecule has 0 saturated carbocycles. The molecule has 2 rings (SSSR count). The van der Waals surface area contributed by atoms with Gasteiger partial charge in [0.05, 0.1) is 5.60 Å². The summed E-state index contributed by atoms with van der Waals surface area (Å²) in [5.41, 5.74) is -0.544. The molecule has 0 aromatic heterocycles. The number of benzene rings is 1. The standard InChI is InChI=1S/C11H14FNO.C2H2/c12-10-4-2-1-3-9(10)11(14)5-7-13-8-6-11;1-2/h1-4,13-14H,5-8H2;1-2H. The molecule has 86 valence electrons. The number of halogens is 1.